The van der Waals surface area contributed by atoms with E-state index < -0.39 is 0 Å². The van der Waals surface area contributed by atoms with E-state index in [4.69, 9.17) is 4.74 Å². The van der Waals surface area contributed by atoms with Crippen LogP contribution in [0.4, 0.5) is 0 Å². The van der Waals surface area contributed by atoms with Crippen LogP contribution in [0.25, 0.3) is 0 Å². The lowest BCUT2D eigenvalue weighted by Crippen LogP contribution is -2.16. The predicted octanol–water partition coefficient (Wildman–Crippen LogP) is 4.92. The van der Waals surface area contributed by atoms with Crippen molar-refractivity contribution < 1.29 is 4.74 Å². The molecular formula is C18H24N2OS. The van der Waals surface area contributed by atoms with Crippen LogP contribution >= 0.6 is 11.8 Å². The molecule has 118 valence electrons. The number of aromatic nitrogens is 2. The first-order chi connectivity index (χ1) is 10.4. The van der Waals surface area contributed by atoms with Crippen LogP contribution in [-0.4, -0.2) is 16.6 Å². The SMILES string of the molecule is CCc1cnc(Sc2ccc(OCC(C)(C)C)cc2)nc1C. The first-order valence-corrected chi connectivity index (χ1v) is 8.42. The lowest BCUT2D eigenvalue weighted by atomic mass is 9.99. The molecule has 0 saturated carbocycles. The van der Waals surface area contributed by atoms with Crippen molar-refractivity contribution in [2.75, 3.05) is 6.61 Å². The molecule has 0 bridgehead atoms. The van der Waals surface area contributed by atoms with Crippen molar-refractivity contribution in [2.45, 2.75) is 51.1 Å². The third kappa shape index (κ3) is 5.02. The maximum Gasteiger partial charge on any atom is 0.192 e. The molecule has 1 heterocycles. The Bertz CT molecular complexity index is 618. The summed E-state index contributed by atoms with van der Waals surface area (Å²) in [6.07, 6.45) is 2.89. The molecule has 1 aromatic heterocycles. The first kappa shape index (κ1) is 16.8. The second-order valence-corrected chi connectivity index (χ2v) is 7.58. The molecule has 0 N–H and O–H groups in total. The van der Waals surface area contributed by atoms with E-state index in [9.17, 15) is 0 Å². The van der Waals surface area contributed by atoms with Crippen LogP contribution in [0.3, 0.4) is 0 Å². The van der Waals surface area contributed by atoms with Gasteiger partial charge in [0.2, 0.25) is 0 Å². The highest BCUT2D eigenvalue weighted by molar-refractivity contribution is 7.99. The molecule has 0 radical (unpaired) electrons. The van der Waals surface area contributed by atoms with Gasteiger partial charge in [-0.1, -0.05) is 27.7 Å². The highest BCUT2D eigenvalue weighted by Crippen LogP contribution is 2.27. The largest absolute Gasteiger partial charge is 0.493 e. The van der Waals surface area contributed by atoms with Crippen molar-refractivity contribution in [1.29, 1.82) is 0 Å². The Kier molecular flexibility index (Phi) is 5.46. The molecule has 0 aliphatic rings. The standard InChI is InChI=1S/C18H24N2OS/c1-6-14-11-19-17(20-13(14)2)22-16-9-7-15(8-10-16)21-12-18(3,4)5/h7-11H,6,12H2,1-5H3. The normalized spacial score (nSPS) is 11.5. The topological polar surface area (TPSA) is 35.0 Å². The van der Waals surface area contributed by atoms with E-state index in [0.717, 1.165) is 27.9 Å². The predicted molar refractivity (Wildman–Crippen MR) is 91.7 cm³/mol. The van der Waals surface area contributed by atoms with Gasteiger partial charge in [-0.15, -0.1) is 0 Å². The van der Waals surface area contributed by atoms with Crippen LogP contribution < -0.4 is 4.74 Å². The summed E-state index contributed by atoms with van der Waals surface area (Å²) in [7, 11) is 0. The van der Waals surface area contributed by atoms with Crippen LogP contribution in [0.2, 0.25) is 0 Å². The van der Waals surface area contributed by atoms with E-state index in [0.29, 0.717) is 6.61 Å². The van der Waals surface area contributed by atoms with Gasteiger partial charge in [-0.25, -0.2) is 9.97 Å². The van der Waals surface area contributed by atoms with E-state index >= 15 is 0 Å². The summed E-state index contributed by atoms with van der Waals surface area (Å²) in [4.78, 5) is 10.1. The van der Waals surface area contributed by atoms with Gasteiger partial charge < -0.3 is 4.74 Å². The molecule has 0 aliphatic carbocycles. The molecule has 2 rings (SSSR count). The zero-order chi connectivity index (χ0) is 16.2. The minimum Gasteiger partial charge on any atom is -0.493 e. The minimum absolute atomic E-state index is 0.166. The Morgan fingerprint density at radius 3 is 2.36 bits per heavy atom. The number of rotatable bonds is 5. The summed E-state index contributed by atoms with van der Waals surface area (Å²) in [6, 6.07) is 8.10. The lowest BCUT2D eigenvalue weighted by Gasteiger charge is -2.18. The molecule has 0 spiro atoms. The number of nitrogens with zero attached hydrogens (tertiary/aromatic N) is 2. The van der Waals surface area contributed by atoms with Crippen molar-refractivity contribution in [3.05, 3.63) is 41.7 Å². The summed E-state index contributed by atoms with van der Waals surface area (Å²) in [5.74, 6) is 0.901. The van der Waals surface area contributed by atoms with E-state index in [1.165, 1.54) is 5.56 Å². The molecule has 3 nitrogen and oxygen atoms in total. The van der Waals surface area contributed by atoms with Crippen LogP contribution in [-0.2, 0) is 6.42 Å². The number of benzene rings is 1. The monoisotopic (exact) mass is 316 g/mol. The summed E-state index contributed by atoms with van der Waals surface area (Å²) >= 11 is 1.58. The Morgan fingerprint density at radius 2 is 1.82 bits per heavy atom. The number of ether oxygens (including phenoxy) is 1. The third-order valence-electron chi connectivity index (χ3n) is 3.14. The van der Waals surface area contributed by atoms with Gasteiger partial charge in [-0.05, 0) is 60.4 Å². The molecular weight excluding hydrogens is 292 g/mol. The van der Waals surface area contributed by atoms with Gasteiger partial charge >= 0.3 is 0 Å². The van der Waals surface area contributed by atoms with Gasteiger partial charge in [-0.2, -0.15) is 0 Å². The summed E-state index contributed by atoms with van der Waals surface area (Å²) in [5, 5.41) is 0.790. The fourth-order valence-electron chi connectivity index (χ4n) is 1.88. The number of aryl methyl sites for hydroxylation is 2. The maximum atomic E-state index is 5.78. The molecule has 0 fully saturated rings. The van der Waals surface area contributed by atoms with Crippen molar-refractivity contribution in [2.24, 2.45) is 5.41 Å². The fourth-order valence-corrected chi connectivity index (χ4v) is 2.65. The minimum atomic E-state index is 0.166. The lowest BCUT2D eigenvalue weighted by molar-refractivity contribution is 0.198. The van der Waals surface area contributed by atoms with Gasteiger partial charge in [-0.3, -0.25) is 0 Å². The van der Waals surface area contributed by atoms with Gasteiger partial charge in [0.15, 0.2) is 5.16 Å². The Morgan fingerprint density at radius 1 is 1.14 bits per heavy atom. The van der Waals surface area contributed by atoms with Crippen molar-refractivity contribution in [3.63, 3.8) is 0 Å². The van der Waals surface area contributed by atoms with Gasteiger partial charge in [0, 0.05) is 16.8 Å². The van der Waals surface area contributed by atoms with Gasteiger partial charge in [0.1, 0.15) is 5.75 Å². The van der Waals surface area contributed by atoms with Crippen molar-refractivity contribution >= 4 is 11.8 Å². The van der Waals surface area contributed by atoms with Crippen LogP contribution in [0.5, 0.6) is 5.75 Å². The van der Waals surface area contributed by atoms with Crippen LogP contribution in [0.15, 0.2) is 40.5 Å². The molecule has 22 heavy (non-hydrogen) atoms. The highest BCUT2D eigenvalue weighted by atomic mass is 32.2. The summed E-state index contributed by atoms with van der Waals surface area (Å²) < 4.78 is 5.78. The zero-order valence-corrected chi connectivity index (χ0v) is 14.8. The Labute approximate surface area is 137 Å². The second kappa shape index (κ2) is 7.14. The van der Waals surface area contributed by atoms with Crippen molar-refractivity contribution in [3.8, 4) is 5.75 Å². The van der Waals surface area contributed by atoms with Crippen LogP contribution in [0, 0.1) is 12.3 Å². The maximum absolute atomic E-state index is 5.78. The van der Waals surface area contributed by atoms with E-state index in [1.54, 1.807) is 11.8 Å². The molecule has 0 saturated heterocycles. The first-order valence-electron chi connectivity index (χ1n) is 7.60. The smallest absolute Gasteiger partial charge is 0.192 e. The van der Waals surface area contributed by atoms with Crippen molar-refractivity contribution in [1.82, 2.24) is 9.97 Å². The summed E-state index contributed by atoms with van der Waals surface area (Å²) in [6.45, 7) is 11.4. The van der Waals surface area contributed by atoms with Gasteiger partial charge in [0.25, 0.3) is 0 Å². The molecule has 0 unspecified atom stereocenters. The van der Waals surface area contributed by atoms with E-state index in [1.807, 2.05) is 25.3 Å². The van der Waals surface area contributed by atoms with E-state index in [2.05, 4.69) is 49.8 Å². The number of hydrogen-bond acceptors (Lipinski definition) is 4. The Balaban J connectivity index is 2.00. The number of hydrogen-bond donors (Lipinski definition) is 0. The fraction of sp³-hybridized carbons (Fsp3) is 0.444. The molecule has 0 atom stereocenters. The third-order valence-corrected chi connectivity index (χ3v) is 4.03. The zero-order valence-electron chi connectivity index (χ0n) is 14.0. The summed E-state index contributed by atoms with van der Waals surface area (Å²) in [5.41, 5.74) is 2.43. The molecule has 2 aromatic rings. The van der Waals surface area contributed by atoms with Gasteiger partial charge in [0.05, 0.1) is 6.61 Å². The quantitative estimate of drug-likeness (QED) is 0.733. The average molecular weight is 316 g/mol. The molecule has 0 amide bonds. The van der Waals surface area contributed by atoms with E-state index in [-0.39, 0.29) is 5.41 Å². The average Bonchev–Trinajstić information content (AvgIpc) is 2.46. The molecule has 0 aliphatic heterocycles. The highest BCUT2D eigenvalue weighted by Gasteiger charge is 2.11. The molecule has 1 aromatic carbocycles. The Hall–Kier alpha value is -1.55. The second-order valence-electron chi connectivity index (χ2n) is 6.54. The van der Waals surface area contributed by atoms with Crippen LogP contribution in [0.1, 0.15) is 39.0 Å². The molecule has 4 heteroatoms.